The van der Waals surface area contributed by atoms with E-state index in [4.69, 9.17) is 4.74 Å². The van der Waals surface area contributed by atoms with E-state index in [1.807, 2.05) is 0 Å². The quantitative estimate of drug-likeness (QED) is 0.765. The Labute approximate surface area is 102 Å². The van der Waals surface area contributed by atoms with E-state index in [0.717, 1.165) is 12.8 Å². The summed E-state index contributed by atoms with van der Waals surface area (Å²) in [5.74, 6) is -0.139. The highest BCUT2D eigenvalue weighted by Gasteiger charge is 2.41. The van der Waals surface area contributed by atoms with Crippen LogP contribution in [-0.2, 0) is 14.3 Å². The van der Waals surface area contributed by atoms with E-state index in [9.17, 15) is 9.59 Å². The summed E-state index contributed by atoms with van der Waals surface area (Å²) < 4.78 is 5.14. The molecule has 1 unspecified atom stereocenters. The molecule has 5 nitrogen and oxygen atoms in total. The van der Waals surface area contributed by atoms with E-state index < -0.39 is 5.54 Å². The average Bonchev–Trinajstić information content (AvgIpc) is 2.22. The van der Waals surface area contributed by atoms with Gasteiger partial charge in [-0.15, -0.1) is 0 Å². The molecule has 1 atom stereocenters. The third-order valence-electron chi connectivity index (χ3n) is 2.98. The van der Waals surface area contributed by atoms with Gasteiger partial charge in [0.1, 0.15) is 12.1 Å². The summed E-state index contributed by atoms with van der Waals surface area (Å²) in [7, 11) is 1.61. The first kappa shape index (κ1) is 14.0. The highest BCUT2D eigenvalue weighted by atomic mass is 16.5. The first-order valence-corrected chi connectivity index (χ1v) is 6.03. The van der Waals surface area contributed by atoms with E-state index in [2.05, 4.69) is 12.2 Å². The van der Waals surface area contributed by atoms with Gasteiger partial charge in [-0.1, -0.05) is 13.3 Å². The maximum Gasteiger partial charge on any atom is 0.248 e. The lowest BCUT2D eigenvalue weighted by atomic mass is 9.98. The van der Waals surface area contributed by atoms with Crippen molar-refractivity contribution in [3.8, 4) is 0 Å². The van der Waals surface area contributed by atoms with Crippen LogP contribution in [0.15, 0.2) is 0 Å². The standard InChI is InChI=1S/C12H22N2O3/c1-5-6-9(8-17-4)14-7-10(15)13-12(2,3)11(14)16/h9H,5-8H2,1-4H3,(H,13,15). The van der Waals surface area contributed by atoms with Crippen molar-refractivity contribution in [1.29, 1.82) is 0 Å². The van der Waals surface area contributed by atoms with Crippen LogP contribution >= 0.6 is 0 Å². The minimum atomic E-state index is -0.810. The number of ether oxygens (including phenoxy) is 1. The highest BCUT2D eigenvalue weighted by Crippen LogP contribution is 2.18. The fourth-order valence-corrected chi connectivity index (χ4v) is 2.18. The first-order valence-electron chi connectivity index (χ1n) is 6.03. The number of piperazine rings is 1. The number of rotatable bonds is 5. The normalized spacial score (nSPS) is 21.3. The Balaban J connectivity index is 2.85. The van der Waals surface area contributed by atoms with Gasteiger partial charge in [0, 0.05) is 7.11 Å². The molecular weight excluding hydrogens is 220 g/mol. The van der Waals surface area contributed by atoms with Crippen LogP contribution in [0.2, 0.25) is 0 Å². The molecule has 0 radical (unpaired) electrons. The number of amides is 2. The van der Waals surface area contributed by atoms with Crippen molar-refractivity contribution in [3.05, 3.63) is 0 Å². The van der Waals surface area contributed by atoms with Crippen molar-refractivity contribution in [2.75, 3.05) is 20.3 Å². The van der Waals surface area contributed by atoms with Gasteiger partial charge in [0.05, 0.1) is 12.6 Å². The average molecular weight is 242 g/mol. The Bertz CT molecular complexity index is 296. The molecule has 1 saturated heterocycles. The largest absolute Gasteiger partial charge is 0.383 e. The lowest BCUT2D eigenvalue weighted by molar-refractivity contribution is -0.152. The fourth-order valence-electron chi connectivity index (χ4n) is 2.18. The van der Waals surface area contributed by atoms with Crippen molar-refractivity contribution in [2.45, 2.75) is 45.2 Å². The van der Waals surface area contributed by atoms with E-state index in [-0.39, 0.29) is 24.4 Å². The summed E-state index contributed by atoms with van der Waals surface area (Å²) in [6, 6.07) is -0.0113. The third kappa shape index (κ3) is 3.19. The van der Waals surface area contributed by atoms with E-state index >= 15 is 0 Å². The van der Waals surface area contributed by atoms with Gasteiger partial charge in [0.2, 0.25) is 11.8 Å². The second kappa shape index (κ2) is 5.49. The summed E-state index contributed by atoms with van der Waals surface area (Å²) in [4.78, 5) is 25.5. The zero-order valence-corrected chi connectivity index (χ0v) is 11.1. The topological polar surface area (TPSA) is 58.6 Å². The molecule has 0 aromatic carbocycles. The Morgan fingerprint density at radius 2 is 2.12 bits per heavy atom. The van der Waals surface area contributed by atoms with Crippen molar-refractivity contribution >= 4 is 11.8 Å². The molecule has 0 spiro atoms. The maximum absolute atomic E-state index is 12.2. The molecule has 0 saturated carbocycles. The molecule has 2 amide bonds. The molecule has 1 aliphatic rings. The van der Waals surface area contributed by atoms with Crippen LogP contribution in [0.1, 0.15) is 33.6 Å². The summed E-state index contributed by atoms with van der Waals surface area (Å²) in [6.07, 6.45) is 1.81. The second-order valence-corrected chi connectivity index (χ2v) is 5.00. The lowest BCUT2D eigenvalue weighted by Gasteiger charge is -2.41. The third-order valence-corrected chi connectivity index (χ3v) is 2.98. The molecule has 5 heteroatoms. The van der Waals surface area contributed by atoms with Gasteiger partial charge in [-0.3, -0.25) is 9.59 Å². The highest BCUT2D eigenvalue weighted by molar-refractivity contribution is 5.97. The number of nitrogens with zero attached hydrogens (tertiary/aromatic N) is 1. The van der Waals surface area contributed by atoms with Crippen molar-refractivity contribution in [3.63, 3.8) is 0 Å². The Hall–Kier alpha value is -1.10. The monoisotopic (exact) mass is 242 g/mol. The Kier molecular flexibility index (Phi) is 4.51. The SMILES string of the molecule is CCCC(COC)N1CC(=O)NC(C)(C)C1=O. The van der Waals surface area contributed by atoms with Gasteiger partial charge in [0.15, 0.2) is 0 Å². The van der Waals surface area contributed by atoms with Crippen molar-refractivity contribution in [1.82, 2.24) is 10.2 Å². The first-order chi connectivity index (χ1) is 7.92. The molecule has 1 fully saturated rings. The molecule has 1 aliphatic heterocycles. The second-order valence-electron chi connectivity index (χ2n) is 5.00. The van der Waals surface area contributed by atoms with E-state index in [1.54, 1.807) is 25.9 Å². The van der Waals surface area contributed by atoms with Crippen LogP contribution in [0.3, 0.4) is 0 Å². The lowest BCUT2D eigenvalue weighted by Crippen LogP contribution is -2.66. The predicted octanol–water partition coefficient (Wildman–Crippen LogP) is 0.538. The molecule has 0 aromatic heterocycles. The van der Waals surface area contributed by atoms with Crippen LogP contribution < -0.4 is 5.32 Å². The molecular formula is C12H22N2O3. The minimum absolute atomic E-state index is 0.0113. The fraction of sp³-hybridized carbons (Fsp3) is 0.833. The van der Waals surface area contributed by atoms with Gasteiger partial charge in [-0.2, -0.15) is 0 Å². The predicted molar refractivity (Wildman–Crippen MR) is 64.5 cm³/mol. The van der Waals surface area contributed by atoms with E-state index in [1.165, 1.54) is 0 Å². The number of nitrogens with one attached hydrogen (secondary N) is 1. The van der Waals surface area contributed by atoms with Gasteiger partial charge in [0.25, 0.3) is 0 Å². The smallest absolute Gasteiger partial charge is 0.248 e. The molecule has 1 N–H and O–H groups in total. The molecule has 0 bridgehead atoms. The zero-order chi connectivity index (χ0) is 13.1. The Morgan fingerprint density at radius 3 is 2.65 bits per heavy atom. The number of carbonyl (C=O) groups excluding carboxylic acids is 2. The zero-order valence-electron chi connectivity index (χ0n) is 11.1. The summed E-state index contributed by atoms with van der Waals surface area (Å²) in [6.45, 7) is 6.13. The summed E-state index contributed by atoms with van der Waals surface area (Å²) in [5.41, 5.74) is -0.810. The molecule has 1 rings (SSSR count). The van der Waals surface area contributed by atoms with E-state index in [0.29, 0.717) is 6.61 Å². The molecule has 0 aliphatic carbocycles. The molecule has 98 valence electrons. The van der Waals surface area contributed by atoms with Crippen LogP contribution in [0, 0.1) is 0 Å². The number of hydrogen-bond donors (Lipinski definition) is 1. The van der Waals surface area contributed by atoms with Crippen molar-refractivity contribution in [2.24, 2.45) is 0 Å². The van der Waals surface area contributed by atoms with Gasteiger partial charge in [-0.05, 0) is 20.3 Å². The minimum Gasteiger partial charge on any atom is -0.383 e. The molecule has 17 heavy (non-hydrogen) atoms. The van der Waals surface area contributed by atoms with Crippen LogP contribution in [0.25, 0.3) is 0 Å². The number of methoxy groups -OCH3 is 1. The molecule has 1 heterocycles. The van der Waals surface area contributed by atoms with Gasteiger partial charge < -0.3 is 15.0 Å². The van der Waals surface area contributed by atoms with Crippen LogP contribution in [-0.4, -0.2) is 48.6 Å². The van der Waals surface area contributed by atoms with Crippen LogP contribution in [0.5, 0.6) is 0 Å². The van der Waals surface area contributed by atoms with Gasteiger partial charge >= 0.3 is 0 Å². The number of hydrogen-bond acceptors (Lipinski definition) is 3. The Morgan fingerprint density at radius 1 is 1.47 bits per heavy atom. The van der Waals surface area contributed by atoms with Crippen LogP contribution in [0.4, 0.5) is 0 Å². The number of carbonyl (C=O) groups is 2. The summed E-state index contributed by atoms with van der Waals surface area (Å²) >= 11 is 0. The molecule has 0 aromatic rings. The maximum atomic E-state index is 12.2. The van der Waals surface area contributed by atoms with Gasteiger partial charge in [-0.25, -0.2) is 0 Å². The summed E-state index contributed by atoms with van der Waals surface area (Å²) in [5, 5.41) is 2.70. The van der Waals surface area contributed by atoms with Crippen molar-refractivity contribution < 1.29 is 14.3 Å².